The number of nitrogens with zero attached hydrogens (tertiary/aromatic N) is 1. The number of aromatic hydroxyl groups is 1. The van der Waals surface area contributed by atoms with Crippen molar-refractivity contribution in [3.63, 3.8) is 0 Å². The number of rotatable bonds is 9. The Hall–Kier alpha value is -1.75. The van der Waals surface area contributed by atoms with Crippen molar-refractivity contribution < 1.29 is 14.6 Å². The SMILES string of the molecule is CCCOc1ccc(CN(CC(N)=O)CC(C)C)c(O)c1. The second-order valence-electron chi connectivity index (χ2n) is 5.67. The maximum absolute atomic E-state index is 11.1. The topological polar surface area (TPSA) is 75.8 Å². The van der Waals surface area contributed by atoms with E-state index >= 15 is 0 Å². The van der Waals surface area contributed by atoms with Crippen molar-refractivity contribution in [3.05, 3.63) is 23.8 Å². The highest BCUT2D eigenvalue weighted by Crippen LogP contribution is 2.25. The van der Waals surface area contributed by atoms with Crippen molar-refractivity contribution in [2.45, 2.75) is 33.7 Å². The molecule has 21 heavy (non-hydrogen) atoms. The van der Waals surface area contributed by atoms with Gasteiger partial charge in [0.15, 0.2) is 0 Å². The highest BCUT2D eigenvalue weighted by Gasteiger charge is 2.13. The Bertz CT molecular complexity index is 461. The summed E-state index contributed by atoms with van der Waals surface area (Å²) >= 11 is 0. The van der Waals surface area contributed by atoms with Gasteiger partial charge in [-0.25, -0.2) is 0 Å². The van der Waals surface area contributed by atoms with Gasteiger partial charge in [0.2, 0.25) is 5.91 Å². The van der Waals surface area contributed by atoms with Crippen LogP contribution < -0.4 is 10.5 Å². The summed E-state index contributed by atoms with van der Waals surface area (Å²) in [7, 11) is 0. The number of amides is 1. The van der Waals surface area contributed by atoms with E-state index in [0.717, 1.165) is 18.5 Å². The zero-order valence-electron chi connectivity index (χ0n) is 13.1. The minimum absolute atomic E-state index is 0.182. The Morgan fingerprint density at radius 2 is 2.14 bits per heavy atom. The van der Waals surface area contributed by atoms with Crippen LogP contribution in [-0.2, 0) is 11.3 Å². The van der Waals surface area contributed by atoms with E-state index in [-0.39, 0.29) is 18.2 Å². The highest BCUT2D eigenvalue weighted by molar-refractivity contribution is 5.75. The van der Waals surface area contributed by atoms with E-state index in [1.807, 2.05) is 24.0 Å². The number of carbonyl (C=O) groups excluding carboxylic acids is 1. The number of carbonyl (C=O) groups is 1. The van der Waals surface area contributed by atoms with Gasteiger partial charge >= 0.3 is 0 Å². The number of phenolic OH excluding ortho intramolecular Hbond substituents is 1. The highest BCUT2D eigenvalue weighted by atomic mass is 16.5. The van der Waals surface area contributed by atoms with E-state index in [0.29, 0.717) is 24.8 Å². The van der Waals surface area contributed by atoms with Gasteiger partial charge < -0.3 is 15.6 Å². The molecule has 0 spiro atoms. The van der Waals surface area contributed by atoms with Crippen LogP contribution in [0.15, 0.2) is 18.2 Å². The molecule has 0 aromatic heterocycles. The van der Waals surface area contributed by atoms with Gasteiger partial charge in [-0.15, -0.1) is 0 Å². The zero-order valence-corrected chi connectivity index (χ0v) is 13.1. The monoisotopic (exact) mass is 294 g/mol. The largest absolute Gasteiger partial charge is 0.507 e. The van der Waals surface area contributed by atoms with Crippen molar-refractivity contribution in [1.82, 2.24) is 4.90 Å². The van der Waals surface area contributed by atoms with Gasteiger partial charge in [-0.3, -0.25) is 9.69 Å². The zero-order chi connectivity index (χ0) is 15.8. The number of hydrogen-bond donors (Lipinski definition) is 2. The Labute approximate surface area is 126 Å². The number of phenols is 1. The number of benzene rings is 1. The molecule has 5 nitrogen and oxygen atoms in total. The fourth-order valence-corrected chi connectivity index (χ4v) is 2.15. The number of ether oxygens (including phenoxy) is 1. The fraction of sp³-hybridized carbons (Fsp3) is 0.562. The molecule has 0 aliphatic carbocycles. The molecule has 0 saturated carbocycles. The molecule has 0 atom stereocenters. The molecule has 0 heterocycles. The van der Waals surface area contributed by atoms with Crippen LogP contribution >= 0.6 is 0 Å². The maximum Gasteiger partial charge on any atom is 0.231 e. The minimum atomic E-state index is -0.363. The quantitative estimate of drug-likeness (QED) is 0.731. The van der Waals surface area contributed by atoms with Gasteiger partial charge in [-0.1, -0.05) is 26.8 Å². The smallest absolute Gasteiger partial charge is 0.231 e. The minimum Gasteiger partial charge on any atom is -0.507 e. The van der Waals surface area contributed by atoms with Crippen LogP contribution in [0.5, 0.6) is 11.5 Å². The lowest BCUT2D eigenvalue weighted by atomic mass is 10.1. The molecule has 118 valence electrons. The first kappa shape index (κ1) is 17.3. The van der Waals surface area contributed by atoms with E-state index < -0.39 is 0 Å². The third kappa shape index (κ3) is 6.49. The molecule has 0 saturated heterocycles. The first-order chi connectivity index (χ1) is 9.92. The maximum atomic E-state index is 11.1. The molecule has 0 bridgehead atoms. The van der Waals surface area contributed by atoms with Crippen LogP contribution in [0, 0.1) is 5.92 Å². The molecule has 1 aromatic rings. The van der Waals surface area contributed by atoms with Gasteiger partial charge in [0.05, 0.1) is 13.2 Å². The van der Waals surface area contributed by atoms with Crippen LogP contribution in [0.1, 0.15) is 32.8 Å². The first-order valence-corrected chi connectivity index (χ1v) is 7.37. The van der Waals surface area contributed by atoms with Crippen LogP contribution in [-0.4, -0.2) is 35.6 Å². The summed E-state index contributed by atoms with van der Waals surface area (Å²) in [4.78, 5) is 13.1. The summed E-state index contributed by atoms with van der Waals surface area (Å²) in [6.07, 6.45) is 0.920. The number of nitrogens with two attached hydrogens (primary N) is 1. The molecular weight excluding hydrogens is 268 g/mol. The predicted molar refractivity (Wildman–Crippen MR) is 83.2 cm³/mol. The van der Waals surface area contributed by atoms with Gasteiger partial charge in [-0.05, 0) is 18.4 Å². The van der Waals surface area contributed by atoms with Crippen LogP contribution in [0.2, 0.25) is 0 Å². The Morgan fingerprint density at radius 1 is 1.43 bits per heavy atom. The molecule has 5 heteroatoms. The third-order valence-electron chi connectivity index (χ3n) is 2.93. The van der Waals surface area contributed by atoms with E-state index in [1.54, 1.807) is 6.07 Å². The van der Waals surface area contributed by atoms with Gasteiger partial charge in [0.1, 0.15) is 11.5 Å². The van der Waals surface area contributed by atoms with Crippen molar-refractivity contribution in [1.29, 1.82) is 0 Å². The molecule has 1 rings (SSSR count). The van der Waals surface area contributed by atoms with Gasteiger partial charge in [-0.2, -0.15) is 0 Å². The van der Waals surface area contributed by atoms with Gasteiger partial charge in [0, 0.05) is 24.7 Å². The van der Waals surface area contributed by atoms with Crippen molar-refractivity contribution in [3.8, 4) is 11.5 Å². The number of primary amides is 1. The predicted octanol–water partition coefficient (Wildman–Crippen LogP) is 2.12. The molecular formula is C16H26N2O3. The van der Waals surface area contributed by atoms with Crippen LogP contribution in [0.4, 0.5) is 0 Å². The standard InChI is InChI=1S/C16H26N2O3/c1-4-7-21-14-6-5-13(15(19)8-14)10-18(9-12(2)3)11-16(17)20/h5-6,8,12,19H,4,7,9-11H2,1-3H3,(H2,17,20). The summed E-state index contributed by atoms with van der Waals surface area (Å²) in [6.45, 7) is 8.23. The summed E-state index contributed by atoms with van der Waals surface area (Å²) in [5.41, 5.74) is 6.04. The van der Waals surface area contributed by atoms with Crippen molar-refractivity contribution in [2.75, 3.05) is 19.7 Å². The first-order valence-electron chi connectivity index (χ1n) is 7.37. The Morgan fingerprint density at radius 3 is 2.67 bits per heavy atom. The average molecular weight is 294 g/mol. The van der Waals surface area contributed by atoms with Crippen LogP contribution in [0.25, 0.3) is 0 Å². The van der Waals surface area contributed by atoms with E-state index in [4.69, 9.17) is 10.5 Å². The normalized spacial score (nSPS) is 11.1. The van der Waals surface area contributed by atoms with E-state index in [9.17, 15) is 9.90 Å². The summed E-state index contributed by atoms with van der Waals surface area (Å²) < 4.78 is 5.48. The van der Waals surface area contributed by atoms with Crippen molar-refractivity contribution in [2.24, 2.45) is 11.7 Å². The van der Waals surface area contributed by atoms with Gasteiger partial charge in [0.25, 0.3) is 0 Å². The molecule has 0 fully saturated rings. The van der Waals surface area contributed by atoms with E-state index in [1.165, 1.54) is 0 Å². The summed E-state index contributed by atoms with van der Waals surface area (Å²) in [5.74, 6) is 0.891. The third-order valence-corrected chi connectivity index (χ3v) is 2.93. The fourth-order valence-electron chi connectivity index (χ4n) is 2.15. The summed E-state index contributed by atoms with van der Waals surface area (Å²) in [5, 5.41) is 10.1. The second kappa shape index (κ2) is 8.52. The Balaban J connectivity index is 2.75. The lowest BCUT2D eigenvalue weighted by molar-refractivity contribution is -0.119. The van der Waals surface area contributed by atoms with Crippen LogP contribution in [0.3, 0.4) is 0 Å². The molecule has 0 aliphatic heterocycles. The number of hydrogen-bond acceptors (Lipinski definition) is 4. The van der Waals surface area contributed by atoms with E-state index in [2.05, 4.69) is 13.8 Å². The Kier molecular flexibility index (Phi) is 7.02. The second-order valence-corrected chi connectivity index (χ2v) is 5.67. The molecule has 1 amide bonds. The molecule has 0 unspecified atom stereocenters. The lowest BCUT2D eigenvalue weighted by Crippen LogP contribution is -2.35. The molecule has 1 aromatic carbocycles. The average Bonchev–Trinajstić information content (AvgIpc) is 2.37. The summed E-state index contributed by atoms with van der Waals surface area (Å²) in [6, 6.07) is 5.28. The lowest BCUT2D eigenvalue weighted by Gasteiger charge is -2.23. The molecule has 3 N–H and O–H groups in total. The molecule has 0 aliphatic rings. The van der Waals surface area contributed by atoms with Crippen molar-refractivity contribution >= 4 is 5.91 Å². The molecule has 0 radical (unpaired) electrons.